The van der Waals surface area contributed by atoms with Crippen LogP contribution in [0, 0.1) is 11.8 Å². The van der Waals surface area contributed by atoms with Gasteiger partial charge in [0.25, 0.3) is 5.91 Å². The first-order valence-corrected chi connectivity index (χ1v) is 6.29. The number of aromatic nitrogens is 2. The number of hydrogen-bond donors (Lipinski definition) is 2. The SMILES string of the molecule is CNC(=O)c1ccc(N2CC3CNCC3C2)nn1. The minimum absolute atomic E-state index is 0.198. The fraction of sp³-hybridized carbons (Fsp3) is 0.583. The van der Waals surface area contributed by atoms with Crippen molar-refractivity contribution < 1.29 is 4.79 Å². The van der Waals surface area contributed by atoms with Crippen LogP contribution in [0.2, 0.25) is 0 Å². The Hall–Kier alpha value is -1.69. The van der Waals surface area contributed by atoms with E-state index >= 15 is 0 Å². The van der Waals surface area contributed by atoms with Gasteiger partial charge in [-0.15, -0.1) is 10.2 Å². The number of fused-ring (bicyclic) bond motifs is 1. The molecule has 0 aliphatic carbocycles. The molecule has 2 unspecified atom stereocenters. The maximum absolute atomic E-state index is 11.4. The second kappa shape index (κ2) is 4.53. The molecule has 0 radical (unpaired) electrons. The van der Waals surface area contributed by atoms with Gasteiger partial charge < -0.3 is 15.5 Å². The Labute approximate surface area is 106 Å². The van der Waals surface area contributed by atoms with Gasteiger partial charge in [-0.05, 0) is 24.0 Å². The van der Waals surface area contributed by atoms with Crippen LogP contribution in [0.25, 0.3) is 0 Å². The van der Waals surface area contributed by atoms with E-state index in [1.54, 1.807) is 13.1 Å². The van der Waals surface area contributed by atoms with Crippen LogP contribution in [0.3, 0.4) is 0 Å². The van der Waals surface area contributed by atoms with Crippen molar-refractivity contribution in [1.82, 2.24) is 20.8 Å². The van der Waals surface area contributed by atoms with Gasteiger partial charge in [0, 0.05) is 33.2 Å². The number of anilines is 1. The average Bonchev–Trinajstić information content (AvgIpc) is 2.99. The summed E-state index contributed by atoms with van der Waals surface area (Å²) in [6.45, 7) is 4.27. The van der Waals surface area contributed by atoms with Gasteiger partial charge in [0.2, 0.25) is 0 Å². The Morgan fingerprint density at radius 1 is 1.33 bits per heavy atom. The molecule has 2 atom stereocenters. The number of nitrogens with zero attached hydrogens (tertiary/aromatic N) is 3. The first-order valence-electron chi connectivity index (χ1n) is 6.29. The van der Waals surface area contributed by atoms with Crippen molar-refractivity contribution in [2.24, 2.45) is 11.8 Å². The molecular formula is C12H17N5O. The molecule has 0 saturated carbocycles. The Morgan fingerprint density at radius 2 is 2.06 bits per heavy atom. The van der Waals surface area contributed by atoms with Crippen LogP contribution in [-0.4, -0.2) is 49.3 Å². The van der Waals surface area contributed by atoms with Gasteiger partial charge in [0.15, 0.2) is 11.5 Å². The van der Waals surface area contributed by atoms with Gasteiger partial charge in [-0.2, -0.15) is 0 Å². The summed E-state index contributed by atoms with van der Waals surface area (Å²) < 4.78 is 0. The number of nitrogens with one attached hydrogen (secondary N) is 2. The predicted molar refractivity (Wildman–Crippen MR) is 67.5 cm³/mol. The van der Waals surface area contributed by atoms with E-state index in [4.69, 9.17) is 0 Å². The van der Waals surface area contributed by atoms with E-state index in [0.29, 0.717) is 5.69 Å². The van der Waals surface area contributed by atoms with Gasteiger partial charge in [-0.25, -0.2) is 0 Å². The smallest absolute Gasteiger partial charge is 0.271 e. The molecule has 2 fully saturated rings. The number of carbonyl (C=O) groups is 1. The summed E-state index contributed by atoms with van der Waals surface area (Å²) in [6.07, 6.45) is 0. The molecule has 0 aromatic carbocycles. The molecule has 2 N–H and O–H groups in total. The largest absolute Gasteiger partial charge is 0.354 e. The van der Waals surface area contributed by atoms with Crippen molar-refractivity contribution in [3.63, 3.8) is 0 Å². The topological polar surface area (TPSA) is 70.2 Å². The van der Waals surface area contributed by atoms with E-state index in [1.807, 2.05) is 6.07 Å². The number of carbonyl (C=O) groups excluding carboxylic acids is 1. The highest BCUT2D eigenvalue weighted by molar-refractivity contribution is 5.91. The van der Waals surface area contributed by atoms with E-state index < -0.39 is 0 Å². The molecule has 2 aliphatic rings. The van der Waals surface area contributed by atoms with Gasteiger partial charge in [0.1, 0.15) is 0 Å². The molecule has 0 bridgehead atoms. The summed E-state index contributed by atoms with van der Waals surface area (Å²) in [7, 11) is 1.59. The fourth-order valence-corrected chi connectivity index (χ4v) is 2.79. The zero-order chi connectivity index (χ0) is 12.5. The highest BCUT2D eigenvalue weighted by Gasteiger charge is 2.36. The molecule has 2 saturated heterocycles. The normalized spacial score (nSPS) is 26.2. The third-order valence-electron chi connectivity index (χ3n) is 3.82. The Kier molecular flexibility index (Phi) is 2.87. The lowest BCUT2D eigenvalue weighted by Gasteiger charge is -2.17. The van der Waals surface area contributed by atoms with Gasteiger partial charge >= 0.3 is 0 Å². The standard InChI is InChI=1S/C12H17N5O/c1-13-12(18)10-2-3-11(16-15-10)17-6-8-4-14-5-9(8)7-17/h2-3,8-9,14H,4-7H2,1H3,(H,13,18). The summed E-state index contributed by atoms with van der Waals surface area (Å²) >= 11 is 0. The van der Waals surface area contributed by atoms with E-state index in [-0.39, 0.29) is 5.91 Å². The highest BCUT2D eigenvalue weighted by atomic mass is 16.1. The van der Waals surface area contributed by atoms with Crippen molar-refractivity contribution in [3.05, 3.63) is 17.8 Å². The van der Waals surface area contributed by atoms with Crippen molar-refractivity contribution >= 4 is 11.7 Å². The maximum atomic E-state index is 11.4. The quantitative estimate of drug-likeness (QED) is 0.737. The van der Waals surface area contributed by atoms with Crippen LogP contribution >= 0.6 is 0 Å². The summed E-state index contributed by atoms with van der Waals surface area (Å²) in [4.78, 5) is 13.6. The summed E-state index contributed by atoms with van der Waals surface area (Å²) in [5.74, 6) is 2.13. The Bertz CT molecular complexity index is 434. The first kappa shape index (κ1) is 11.4. The number of amides is 1. The molecule has 3 heterocycles. The van der Waals surface area contributed by atoms with Crippen LogP contribution in [0.4, 0.5) is 5.82 Å². The lowest BCUT2D eigenvalue weighted by atomic mass is 10.0. The lowest BCUT2D eigenvalue weighted by molar-refractivity contribution is 0.0957. The van der Waals surface area contributed by atoms with Crippen LogP contribution < -0.4 is 15.5 Å². The average molecular weight is 247 g/mol. The zero-order valence-corrected chi connectivity index (χ0v) is 10.4. The maximum Gasteiger partial charge on any atom is 0.271 e. The van der Waals surface area contributed by atoms with Gasteiger partial charge in [-0.1, -0.05) is 0 Å². The fourth-order valence-electron chi connectivity index (χ4n) is 2.79. The van der Waals surface area contributed by atoms with Crippen molar-refractivity contribution in [2.75, 3.05) is 38.1 Å². The van der Waals surface area contributed by atoms with Crippen LogP contribution in [0.1, 0.15) is 10.5 Å². The van der Waals surface area contributed by atoms with Crippen LogP contribution in [0.15, 0.2) is 12.1 Å². The predicted octanol–water partition coefficient (Wildman–Crippen LogP) is -0.508. The molecule has 6 heteroatoms. The third kappa shape index (κ3) is 1.92. The van der Waals surface area contributed by atoms with E-state index in [1.165, 1.54) is 0 Å². The molecule has 6 nitrogen and oxygen atoms in total. The summed E-state index contributed by atoms with van der Waals surface area (Å²) in [5, 5.41) is 14.1. The van der Waals surface area contributed by atoms with E-state index in [0.717, 1.165) is 43.8 Å². The molecular weight excluding hydrogens is 230 g/mol. The number of hydrogen-bond acceptors (Lipinski definition) is 5. The molecule has 3 rings (SSSR count). The van der Waals surface area contributed by atoms with Crippen molar-refractivity contribution in [3.8, 4) is 0 Å². The van der Waals surface area contributed by atoms with Crippen molar-refractivity contribution in [1.29, 1.82) is 0 Å². The minimum atomic E-state index is -0.198. The molecule has 96 valence electrons. The van der Waals surface area contributed by atoms with Gasteiger partial charge in [0.05, 0.1) is 0 Å². The summed E-state index contributed by atoms with van der Waals surface area (Å²) in [6, 6.07) is 3.61. The second-order valence-corrected chi connectivity index (χ2v) is 4.94. The van der Waals surface area contributed by atoms with Crippen LogP contribution in [-0.2, 0) is 0 Å². The molecule has 1 aromatic rings. The van der Waals surface area contributed by atoms with Crippen LogP contribution in [0.5, 0.6) is 0 Å². The monoisotopic (exact) mass is 247 g/mol. The Balaban J connectivity index is 1.72. The molecule has 18 heavy (non-hydrogen) atoms. The second-order valence-electron chi connectivity index (χ2n) is 4.94. The van der Waals surface area contributed by atoms with Crippen molar-refractivity contribution in [2.45, 2.75) is 0 Å². The number of rotatable bonds is 2. The molecule has 1 aromatic heterocycles. The first-order chi connectivity index (χ1) is 8.78. The third-order valence-corrected chi connectivity index (χ3v) is 3.82. The minimum Gasteiger partial charge on any atom is -0.354 e. The van der Waals surface area contributed by atoms with E-state index in [9.17, 15) is 4.79 Å². The Morgan fingerprint density at radius 3 is 2.61 bits per heavy atom. The molecule has 2 aliphatic heterocycles. The zero-order valence-electron chi connectivity index (χ0n) is 10.4. The van der Waals surface area contributed by atoms with Gasteiger partial charge in [-0.3, -0.25) is 4.79 Å². The molecule has 1 amide bonds. The molecule has 0 spiro atoms. The lowest BCUT2D eigenvalue weighted by Crippen LogP contribution is -2.27. The van der Waals surface area contributed by atoms with E-state index in [2.05, 4.69) is 25.7 Å². The summed E-state index contributed by atoms with van der Waals surface area (Å²) in [5.41, 5.74) is 0.363. The highest BCUT2D eigenvalue weighted by Crippen LogP contribution is 2.28.